The second kappa shape index (κ2) is 8.57. The zero-order chi connectivity index (χ0) is 20.9. The minimum Gasteiger partial charge on any atom is -0.467 e. The normalized spacial score (nSPS) is 11.6. The number of rotatable bonds is 7. The number of hydrogen-bond acceptors (Lipinski definition) is 4. The summed E-state index contributed by atoms with van der Waals surface area (Å²) in [6, 6.07) is 14.6. The van der Waals surface area contributed by atoms with E-state index in [2.05, 4.69) is 22.1 Å². The number of fused-ring (bicyclic) bond motifs is 1. The van der Waals surface area contributed by atoms with Crippen molar-refractivity contribution in [1.29, 1.82) is 0 Å². The van der Waals surface area contributed by atoms with Crippen LogP contribution in [0.1, 0.15) is 28.8 Å². The molecule has 0 aliphatic heterocycles. The molecule has 0 bridgehead atoms. The Balaban J connectivity index is 1.67. The van der Waals surface area contributed by atoms with Crippen molar-refractivity contribution in [2.75, 3.05) is 0 Å². The standard InChI is InChI=1S/C23H21N3O4/c1-2-26-15-16(18-8-3-4-9-20(18)26)13-19(25-23(28)21-10-6-12-30-21)22(27)24-14-17-7-5-11-29-17/h3-13,15H,2,14H2,1H3,(H,24,27)(H,25,28). The lowest BCUT2D eigenvalue weighted by Crippen LogP contribution is -2.34. The summed E-state index contributed by atoms with van der Waals surface area (Å²) in [6.07, 6.45) is 6.58. The lowest BCUT2D eigenvalue weighted by molar-refractivity contribution is -0.118. The van der Waals surface area contributed by atoms with Crippen LogP contribution in [0.2, 0.25) is 0 Å². The Morgan fingerprint density at radius 1 is 1.03 bits per heavy atom. The third kappa shape index (κ3) is 4.05. The Morgan fingerprint density at radius 2 is 1.83 bits per heavy atom. The molecule has 0 fully saturated rings. The van der Waals surface area contributed by atoms with Crippen molar-refractivity contribution in [2.24, 2.45) is 0 Å². The molecule has 0 radical (unpaired) electrons. The minimum atomic E-state index is -0.501. The second-order valence-electron chi connectivity index (χ2n) is 6.64. The predicted octanol–water partition coefficient (Wildman–Crippen LogP) is 3.93. The molecular formula is C23H21N3O4. The molecule has 4 rings (SSSR count). The highest BCUT2D eigenvalue weighted by molar-refractivity contribution is 6.05. The minimum absolute atomic E-state index is 0.113. The van der Waals surface area contributed by atoms with Gasteiger partial charge in [-0.3, -0.25) is 9.59 Å². The largest absolute Gasteiger partial charge is 0.467 e. The number of amides is 2. The van der Waals surface area contributed by atoms with E-state index in [0.717, 1.165) is 23.0 Å². The van der Waals surface area contributed by atoms with Gasteiger partial charge in [0.15, 0.2) is 5.76 Å². The van der Waals surface area contributed by atoms with E-state index in [-0.39, 0.29) is 18.0 Å². The summed E-state index contributed by atoms with van der Waals surface area (Å²) in [5.41, 5.74) is 2.00. The van der Waals surface area contributed by atoms with Crippen LogP contribution in [-0.2, 0) is 17.9 Å². The van der Waals surface area contributed by atoms with Crippen molar-refractivity contribution < 1.29 is 18.4 Å². The first-order valence-electron chi connectivity index (χ1n) is 9.60. The molecule has 7 heteroatoms. The van der Waals surface area contributed by atoms with Gasteiger partial charge in [0, 0.05) is 29.2 Å². The van der Waals surface area contributed by atoms with Gasteiger partial charge in [-0.05, 0) is 43.3 Å². The highest BCUT2D eigenvalue weighted by Gasteiger charge is 2.18. The van der Waals surface area contributed by atoms with E-state index in [1.807, 2.05) is 30.5 Å². The van der Waals surface area contributed by atoms with E-state index in [9.17, 15) is 9.59 Å². The number of furan rings is 2. The summed E-state index contributed by atoms with van der Waals surface area (Å²) < 4.78 is 12.5. The average molecular weight is 403 g/mol. The molecule has 30 heavy (non-hydrogen) atoms. The van der Waals surface area contributed by atoms with E-state index < -0.39 is 11.8 Å². The zero-order valence-electron chi connectivity index (χ0n) is 16.4. The van der Waals surface area contributed by atoms with Crippen molar-refractivity contribution in [3.8, 4) is 0 Å². The first-order valence-corrected chi connectivity index (χ1v) is 9.60. The Kier molecular flexibility index (Phi) is 5.52. The molecule has 0 spiro atoms. The number of aryl methyl sites for hydroxylation is 1. The first kappa shape index (κ1) is 19.3. The Labute approximate surface area is 173 Å². The number of para-hydroxylation sites is 1. The molecule has 1 aromatic carbocycles. The van der Waals surface area contributed by atoms with Crippen LogP contribution in [0.25, 0.3) is 17.0 Å². The smallest absolute Gasteiger partial charge is 0.291 e. The number of aromatic nitrogens is 1. The average Bonchev–Trinajstić information content (AvgIpc) is 3.53. The first-order chi connectivity index (χ1) is 14.7. The van der Waals surface area contributed by atoms with E-state index >= 15 is 0 Å². The van der Waals surface area contributed by atoms with Crippen LogP contribution in [0.5, 0.6) is 0 Å². The number of hydrogen-bond donors (Lipinski definition) is 2. The summed E-state index contributed by atoms with van der Waals surface area (Å²) in [6.45, 7) is 3.04. The molecule has 0 atom stereocenters. The number of carbonyl (C=O) groups is 2. The third-order valence-electron chi connectivity index (χ3n) is 4.70. The molecule has 2 amide bonds. The lowest BCUT2D eigenvalue weighted by Gasteiger charge is -2.09. The number of benzene rings is 1. The quantitative estimate of drug-likeness (QED) is 0.458. The second-order valence-corrected chi connectivity index (χ2v) is 6.64. The predicted molar refractivity (Wildman–Crippen MR) is 112 cm³/mol. The highest BCUT2D eigenvalue weighted by Crippen LogP contribution is 2.23. The van der Waals surface area contributed by atoms with Crippen LogP contribution in [0.3, 0.4) is 0 Å². The molecule has 0 unspecified atom stereocenters. The maximum Gasteiger partial charge on any atom is 0.291 e. The summed E-state index contributed by atoms with van der Waals surface area (Å²) in [5, 5.41) is 6.43. The van der Waals surface area contributed by atoms with Crippen molar-refractivity contribution in [3.63, 3.8) is 0 Å². The molecule has 3 heterocycles. The summed E-state index contributed by atoms with van der Waals surface area (Å²) >= 11 is 0. The molecule has 0 aliphatic rings. The number of nitrogens with zero attached hydrogens (tertiary/aromatic N) is 1. The topological polar surface area (TPSA) is 89.4 Å². The van der Waals surface area contributed by atoms with Crippen molar-refractivity contribution in [3.05, 3.63) is 90.0 Å². The van der Waals surface area contributed by atoms with Crippen LogP contribution in [0, 0.1) is 0 Å². The van der Waals surface area contributed by atoms with Gasteiger partial charge >= 0.3 is 0 Å². The molecule has 3 aromatic heterocycles. The maximum atomic E-state index is 12.9. The van der Waals surface area contributed by atoms with E-state index in [1.54, 1.807) is 24.3 Å². The van der Waals surface area contributed by atoms with Gasteiger partial charge in [0.2, 0.25) is 0 Å². The highest BCUT2D eigenvalue weighted by atomic mass is 16.3. The maximum absolute atomic E-state index is 12.9. The van der Waals surface area contributed by atoms with E-state index in [4.69, 9.17) is 8.83 Å². The zero-order valence-corrected chi connectivity index (χ0v) is 16.4. The summed E-state index contributed by atoms with van der Waals surface area (Å²) in [7, 11) is 0. The van der Waals surface area contributed by atoms with Crippen molar-refractivity contribution in [1.82, 2.24) is 15.2 Å². The molecule has 0 saturated carbocycles. The summed E-state index contributed by atoms with van der Waals surface area (Å²) in [5.74, 6) is -0.198. The SMILES string of the molecule is CCn1cc(C=C(NC(=O)c2ccco2)C(=O)NCc2ccco2)c2ccccc21. The fourth-order valence-electron chi connectivity index (χ4n) is 3.23. The van der Waals surface area contributed by atoms with Crippen LogP contribution in [0.15, 0.2) is 81.8 Å². The molecular weight excluding hydrogens is 382 g/mol. The lowest BCUT2D eigenvalue weighted by atomic mass is 10.1. The fourth-order valence-corrected chi connectivity index (χ4v) is 3.23. The molecule has 0 aliphatic carbocycles. The van der Waals surface area contributed by atoms with Gasteiger partial charge in [-0.1, -0.05) is 18.2 Å². The monoisotopic (exact) mass is 403 g/mol. The van der Waals surface area contributed by atoms with Gasteiger partial charge in [0.1, 0.15) is 11.5 Å². The van der Waals surface area contributed by atoms with Crippen molar-refractivity contribution in [2.45, 2.75) is 20.0 Å². The molecule has 152 valence electrons. The van der Waals surface area contributed by atoms with Crippen LogP contribution >= 0.6 is 0 Å². The Morgan fingerprint density at radius 3 is 2.57 bits per heavy atom. The summed E-state index contributed by atoms with van der Waals surface area (Å²) in [4.78, 5) is 25.4. The van der Waals surface area contributed by atoms with Gasteiger partial charge in [-0.15, -0.1) is 0 Å². The van der Waals surface area contributed by atoms with Gasteiger partial charge in [-0.2, -0.15) is 0 Å². The van der Waals surface area contributed by atoms with Crippen LogP contribution < -0.4 is 10.6 Å². The fraction of sp³-hybridized carbons (Fsp3) is 0.130. The number of nitrogens with one attached hydrogen (secondary N) is 2. The third-order valence-corrected chi connectivity index (χ3v) is 4.70. The van der Waals surface area contributed by atoms with Gasteiger partial charge in [0.25, 0.3) is 11.8 Å². The molecule has 2 N–H and O–H groups in total. The van der Waals surface area contributed by atoms with Gasteiger partial charge in [0.05, 0.1) is 19.1 Å². The van der Waals surface area contributed by atoms with Gasteiger partial charge in [-0.25, -0.2) is 0 Å². The van der Waals surface area contributed by atoms with E-state index in [0.29, 0.717) is 5.76 Å². The van der Waals surface area contributed by atoms with Gasteiger partial charge < -0.3 is 24.0 Å². The molecule has 0 saturated heterocycles. The Bertz CT molecular complexity index is 1180. The number of carbonyl (C=O) groups excluding carboxylic acids is 2. The van der Waals surface area contributed by atoms with Crippen LogP contribution in [-0.4, -0.2) is 16.4 Å². The molecule has 7 nitrogen and oxygen atoms in total. The van der Waals surface area contributed by atoms with Crippen LogP contribution in [0.4, 0.5) is 0 Å². The molecule has 4 aromatic rings. The van der Waals surface area contributed by atoms with E-state index in [1.165, 1.54) is 18.6 Å². The Hall–Kier alpha value is -4.00. The van der Waals surface area contributed by atoms with Crippen molar-refractivity contribution >= 4 is 28.8 Å².